The summed E-state index contributed by atoms with van der Waals surface area (Å²) in [4.78, 5) is 44.5. The molecule has 0 saturated carbocycles. The van der Waals surface area contributed by atoms with Crippen LogP contribution < -0.4 is 11.1 Å². The molecule has 0 saturated heterocycles. The van der Waals surface area contributed by atoms with E-state index in [1.807, 2.05) is 6.07 Å². The maximum Gasteiger partial charge on any atom is 0.287 e. The van der Waals surface area contributed by atoms with Gasteiger partial charge in [0, 0.05) is 19.7 Å². The van der Waals surface area contributed by atoms with Crippen molar-refractivity contribution in [2.24, 2.45) is 12.8 Å². The van der Waals surface area contributed by atoms with Gasteiger partial charge in [-0.2, -0.15) is 5.10 Å². The summed E-state index contributed by atoms with van der Waals surface area (Å²) < 4.78 is 1.50. The van der Waals surface area contributed by atoms with Crippen molar-refractivity contribution in [1.82, 2.24) is 25.1 Å². The number of nitrogens with one attached hydrogen (secondary N) is 1. The summed E-state index contributed by atoms with van der Waals surface area (Å²) in [6, 6.07) is 9.58. The molecule has 2 heterocycles. The lowest BCUT2D eigenvalue weighted by atomic mass is 10.0. The molecule has 1 unspecified atom stereocenters. The van der Waals surface area contributed by atoms with Crippen molar-refractivity contribution < 1.29 is 14.4 Å². The minimum Gasteiger partial charge on any atom is -0.363 e. The predicted octanol–water partition coefficient (Wildman–Crippen LogP) is 0.273. The molecule has 3 N–H and O–H groups in total. The van der Waals surface area contributed by atoms with Gasteiger partial charge in [-0.15, -0.1) is 0 Å². The number of carbonyl (C=O) groups is 3. The highest BCUT2D eigenvalue weighted by molar-refractivity contribution is 6.38. The molecule has 3 aromatic rings. The highest BCUT2D eigenvalue weighted by Gasteiger charge is 2.28. The molecule has 0 aliphatic carbocycles. The summed E-state index contributed by atoms with van der Waals surface area (Å²) >= 11 is 0. The van der Waals surface area contributed by atoms with Gasteiger partial charge in [0.15, 0.2) is 0 Å². The van der Waals surface area contributed by atoms with E-state index in [4.69, 9.17) is 5.73 Å². The normalized spacial score (nSPS) is 11.6. The minimum atomic E-state index is -1.11. The molecule has 1 aromatic carbocycles. The standard InChI is InChI=1S/C19H18N6O3/c1-25-16(14-7-8-21-11-22-14)13(10-23-25)19(28)24-15(17(26)18(20)27)9-12-5-3-2-4-6-12/h2-8,10-11,15H,9H2,1H3,(H2,20,27)(H,24,28). The molecule has 2 amide bonds. The first-order chi connectivity index (χ1) is 13.5. The largest absolute Gasteiger partial charge is 0.363 e. The van der Waals surface area contributed by atoms with Crippen LogP contribution in [0.5, 0.6) is 0 Å². The van der Waals surface area contributed by atoms with Crippen molar-refractivity contribution in [2.75, 3.05) is 0 Å². The lowest BCUT2D eigenvalue weighted by Gasteiger charge is -2.16. The Bertz CT molecular complexity index is 1000. The fraction of sp³-hybridized carbons (Fsp3) is 0.158. The maximum absolute atomic E-state index is 12.9. The number of hydrogen-bond acceptors (Lipinski definition) is 6. The number of aryl methyl sites for hydroxylation is 1. The average molecular weight is 378 g/mol. The van der Waals surface area contributed by atoms with Gasteiger partial charge in [0.05, 0.1) is 23.1 Å². The smallest absolute Gasteiger partial charge is 0.287 e. The minimum absolute atomic E-state index is 0.136. The van der Waals surface area contributed by atoms with Gasteiger partial charge >= 0.3 is 0 Å². The van der Waals surface area contributed by atoms with Crippen molar-refractivity contribution in [3.05, 3.63) is 66.2 Å². The van der Waals surface area contributed by atoms with E-state index >= 15 is 0 Å². The number of nitrogens with two attached hydrogens (primary N) is 1. The Hall–Kier alpha value is -3.88. The molecule has 0 fully saturated rings. The second-order valence-corrected chi connectivity index (χ2v) is 6.07. The van der Waals surface area contributed by atoms with Gasteiger partial charge in [0.25, 0.3) is 11.8 Å². The quantitative estimate of drug-likeness (QED) is 0.567. The van der Waals surface area contributed by atoms with Crippen LogP contribution in [0.4, 0.5) is 0 Å². The Morgan fingerprint density at radius 3 is 2.57 bits per heavy atom. The summed E-state index contributed by atoms with van der Waals surface area (Å²) in [6.07, 6.45) is 4.42. The predicted molar refractivity (Wildman–Crippen MR) is 99.8 cm³/mol. The molecule has 0 bridgehead atoms. The van der Waals surface area contributed by atoms with Crippen molar-refractivity contribution in [2.45, 2.75) is 12.5 Å². The van der Waals surface area contributed by atoms with Gasteiger partial charge in [0.1, 0.15) is 12.4 Å². The monoisotopic (exact) mass is 378 g/mol. The van der Waals surface area contributed by atoms with E-state index in [0.717, 1.165) is 5.56 Å². The molecule has 28 heavy (non-hydrogen) atoms. The lowest BCUT2D eigenvalue weighted by Crippen LogP contribution is -2.47. The van der Waals surface area contributed by atoms with Crippen LogP contribution in [0.3, 0.4) is 0 Å². The fourth-order valence-electron chi connectivity index (χ4n) is 2.81. The third-order valence-corrected chi connectivity index (χ3v) is 4.16. The number of Topliss-reactive ketones (excluding diaryl/α,β-unsaturated/α-hetero) is 1. The number of amides is 2. The molecule has 0 aliphatic heterocycles. The van der Waals surface area contributed by atoms with Crippen LogP contribution >= 0.6 is 0 Å². The van der Waals surface area contributed by atoms with Crippen LogP contribution in [0, 0.1) is 0 Å². The Morgan fingerprint density at radius 2 is 1.93 bits per heavy atom. The van der Waals surface area contributed by atoms with Crippen LogP contribution in [-0.2, 0) is 23.1 Å². The first-order valence-corrected chi connectivity index (χ1v) is 8.44. The number of carbonyl (C=O) groups excluding carboxylic acids is 3. The average Bonchev–Trinajstić information content (AvgIpc) is 3.09. The number of hydrogen-bond donors (Lipinski definition) is 2. The van der Waals surface area contributed by atoms with E-state index in [1.165, 1.54) is 17.2 Å². The number of ketones is 1. The first-order valence-electron chi connectivity index (χ1n) is 8.44. The van der Waals surface area contributed by atoms with Crippen LogP contribution in [-0.4, -0.2) is 43.4 Å². The number of aromatic nitrogens is 4. The second-order valence-electron chi connectivity index (χ2n) is 6.07. The van der Waals surface area contributed by atoms with Crippen molar-refractivity contribution in [3.8, 4) is 11.4 Å². The number of rotatable bonds is 7. The van der Waals surface area contributed by atoms with Crippen molar-refractivity contribution >= 4 is 17.6 Å². The molecule has 142 valence electrons. The number of primary amides is 1. The molecule has 9 heteroatoms. The Balaban J connectivity index is 1.89. The summed E-state index contributed by atoms with van der Waals surface area (Å²) in [5, 5.41) is 6.70. The Kier molecular flexibility index (Phi) is 5.54. The van der Waals surface area contributed by atoms with Crippen LogP contribution in [0.2, 0.25) is 0 Å². The van der Waals surface area contributed by atoms with E-state index in [2.05, 4.69) is 20.4 Å². The molecule has 9 nitrogen and oxygen atoms in total. The topological polar surface area (TPSA) is 133 Å². The van der Waals surface area contributed by atoms with Gasteiger partial charge < -0.3 is 11.1 Å². The number of nitrogens with zero attached hydrogens (tertiary/aromatic N) is 4. The first kappa shape index (κ1) is 18.9. The molecule has 2 aromatic heterocycles. The third-order valence-electron chi connectivity index (χ3n) is 4.16. The Morgan fingerprint density at radius 1 is 1.18 bits per heavy atom. The van der Waals surface area contributed by atoms with E-state index in [-0.39, 0.29) is 12.0 Å². The van der Waals surface area contributed by atoms with Gasteiger partial charge in [-0.25, -0.2) is 9.97 Å². The summed E-state index contributed by atoms with van der Waals surface area (Å²) in [5.41, 5.74) is 7.12. The third kappa shape index (κ3) is 4.09. The highest BCUT2D eigenvalue weighted by atomic mass is 16.2. The maximum atomic E-state index is 12.9. The molecular weight excluding hydrogens is 360 g/mol. The van der Waals surface area contributed by atoms with Crippen LogP contribution in [0.1, 0.15) is 15.9 Å². The lowest BCUT2D eigenvalue weighted by molar-refractivity contribution is -0.137. The zero-order valence-corrected chi connectivity index (χ0v) is 15.1. The SMILES string of the molecule is Cn1ncc(C(=O)NC(Cc2ccccc2)C(=O)C(N)=O)c1-c1ccncn1. The molecule has 0 aliphatic rings. The molecular formula is C19H18N6O3. The van der Waals surface area contributed by atoms with E-state index in [0.29, 0.717) is 11.4 Å². The second kappa shape index (κ2) is 8.21. The summed E-state index contributed by atoms with van der Waals surface area (Å²) in [5.74, 6) is -2.54. The van der Waals surface area contributed by atoms with E-state index < -0.39 is 23.6 Å². The molecule has 3 rings (SSSR count). The fourth-order valence-corrected chi connectivity index (χ4v) is 2.81. The molecule has 0 radical (unpaired) electrons. The number of benzene rings is 1. The van der Waals surface area contributed by atoms with Crippen molar-refractivity contribution in [1.29, 1.82) is 0 Å². The summed E-state index contributed by atoms with van der Waals surface area (Å²) in [7, 11) is 1.67. The van der Waals surface area contributed by atoms with E-state index in [1.54, 1.807) is 43.6 Å². The molecule has 1 atom stereocenters. The van der Waals surface area contributed by atoms with Crippen LogP contribution in [0.15, 0.2) is 55.1 Å². The van der Waals surface area contributed by atoms with Gasteiger partial charge in [0.2, 0.25) is 5.78 Å². The van der Waals surface area contributed by atoms with Gasteiger partial charge in [-0.1, -0.05) is 30.3 Å². The Labute approximate surface area is 160 Å². The molecule has 0 spiro atoms. The van der Waals surface area contributed by atoms with Gasteiger partial charge in [-0.3, -0.25) is 19.1 Å². The van der Waals surface area contributed by atoms with Crippen LogP contribution in [0.25, 0.3) is 11.4 Å². The zero-order chi connectivity index (χ0) is 20.1. The summed E-state index contributed by atoms with van der Waals surface area (Å²) in [6.45, 7) is 0. The van der Waals surface area contributed by atoms with Crippen molar-refractivity contribution in [3.63, 3.8) is 0 Å². The zero-order valence-electron chi connectivity index (χ0n) is 15.1. The van der Waals surface area contributed by atoms with E-state index in [9.17, 15) is 14.4 Å². The highest BCUT2D eigenvalue weighted by Crippen LogP contribution is 2.20. The van der Waals surface area contributed by atoms with Gasteiger partial charge in [-0.05, 0) is 11.6 Å².